The van der Waals surface area contributed by atoms with E-state index in [1.54, 1.807) is 0 Å². The molecule has 0 atom stereocenters. The number of benzene rings is 1. The van der Waals surface area contributed by atoms with Crippen molar-refractivity contribution >= 4 is 28.5 Å². The van der Waals surface area contributed by atoms with Crippen molar-refractivity contribution in [2.45, 2.75) is 20.4 Å². The van der Waals surface area contributed by atoms with Crippen LogP contribution < -0.4 is 5.32 Å². The Bertz CT molecular complexity index is 559. The van der Waals surface area contributed by atoms with Crippen molar-refractivity contribution < 1.29 is 9.32 Å². The molecule has 0 bridgehead atoms. The van der Waals surface area contributed by atoms with Crippen molar-refractivity contribution in [1.82, 2.24) is 10.5 Å². The molecule has 1 aromatic heterocycles. The monoisotopic (exact) mass is 356 g/mol. The van der Waals surface area contributed by atoms with Crippen LogP contribution in [0, 0.1) is 17.4 Å². The number of carbonyl (C=O) groups excluding carboxylic acids is 1. The number of hydrogen-bond donors (Lipinski definition) is 1. The van der Waals surface area contributed by atoms with E-state index in [0.29, 0.717) is 12.1 Å². The van der Waals surface area contributed by atoms with E-state index in [-0.39, 0.29) is 5.91 Å². The zero-order valence-corrected chi connectivity index (χ0v) is 12.3. The van der Waals surface area contributed by atoms with Crippen molar-refractivity contribution in [3.63, 3.8) is 0 Å². The Morgan fingerprint density at radius 3 is 2.72 bits per heavy atom. The highest BCUT2D eigenvalue weighted by Crippen LogP contribution is 2.14. The highest BCUT2D eigenvalue weighted by atomic mass is 127. The van der Waals surface area contributed by atoms with Gasteiger partial charge in [-0.3, -0.25) is 4.79 Å². The Kier molecular flexibility index (Phi) is 4.00. The van der Waals surface area contributed by atoms with Gasteiger partial charge in [0.05, 0.1) is 11.3 Å². The molecule has 1 aromatic carbocycles. The number of nitrogens with zero attached hydrogens (tertiary/aromatic N) is 1. The Balaban J connectivity index is 2.08. The van der Waals surface area contributed by atoms with Crippen molar-refractivity contribution in [2.75, 3.05) is 0 Å². The number of carbonyl (C=O) groups is 1. The van der Waals surface area contributed by atoms with Gasteiger partial charge in [-0.25, -0.2) is 0 Å². The molecule has 0 saturated heterocycles. The van der Waals surface area contributed by atoms with Crippen LogP contribution in [0.15, 0.2) is 28.8 Å². The fraction of sp³-hybridized carbons (Fsp3) is 0.231. The Morgan fingerprint density at radius 2 is 2.11 bits per heavy atom. The third-order valence-corrected chi connectivity index (χ3v) is 3.67. The average molecular weight is 356 g/mol. The third kappa shape index (κ3) is 2.72. The molecule has 2 aromatic rings. The Morgan fingerprint density at radius 1 is 1.39 bits per heavy atom. The molecular weight excluding hydrogens is 343 g/mol. The first kappa shape index (κ1) is 13.1. The molecular formula is C13H13IN2O2. The molecule has 5 heteroatoms. The second kappa shape index (κ2) is 5.51. The first-order valence-corrected chi connectivity index (χ1v) is 6.62. The first-order valence-electron chi connectivity index (χ1n) is 5.54. The maximum absolute atomic E-state index is 12.0. The zero-order valence-electron chi connectivity index (χ0n) is 10.2. The smallest absolute Gasteiger partial charge is 0.252 e. The number of amides is 1. The van der Waals surface area contributed by atoms with Crippen LogP contribution in [0.3, 0.4) is 0 Å². The molecule has 94 valence electrons. The number of halogens is 1. The number of rotatable bonds is 3. The van der Waals surface area contributed by atoms with Gasteiger partial charge in [0.25, 0.3) is 5.91 Å². The first-order chi connectivity index (χ1) is 8.59. The summed E-state index contributed by atoms with van der Waals surface area (Å²) in [5.41, 5.74) is 2.44. The molecule has 0 radical (unpaired) electrons. The fourth-order valence-electron chi connectivity index (χ4n) is 1.66. The van der Waals surface area contributed by atoms with Crippen LogP contribution in [0.1, 0.15) is 27.4 Å². The molecule has 0 aliphatic rings. The molecule has 0 unspecified atom stereocenters. The Hall–Kier alpha value is -1.37. The highest BCUT2D eigenvalue weighted by molar-refractivity contribution is 14.1. The van der Waals surface area contributed by atoms with Crippen LogP contribution in [-0.2, 0) is 6.54 Å². The van der Waals surface area contributed by atoms with Gasteiger partial charge in [-0.15, -0.1) is 0 Å². The summed E-state index contributed by atoms with van der Waals surface area (Å²) in [7, 11) is 0. The van der Waals surface area contributed by atoms with Crippen LogP contribution >= 0.6 is 22.6 Å². The molecule has 1 heterocycles. The molecule has 1 amide bonds. The van der Waals surface area contributed by atoms with Gasteiger partial charge in [0.1, 0.15) is 5.76 Å². The minimum absolute atomic E-state index is 0.0833. The summed E-state index contributed by atoms with van der Waals surface area (Å²) in [5.74, 6) is 0.663. The minimum Gasteiger partial charge on any atom is -0.361 e. The van der Waals surface area contributed by atoms with Gasteiger partial charge in [0.2, 0.25) is 0 Å². The second-order valence-electron chi connectivity index (χ2n) is 3.97. The predicted molar refractivity (Wildman–Crippen MR) is 76.3 cm³/mol. The molecule has 0 spiro atoms. The number of hydrogen-bond acceptors (Lipinski definition) is 3. The van der Waals surface area contributed by atoms with Gasteiger partial charge in [0.15, 0.2) is 0 Å². The van der Waals surface area contributed by atoms with Crippen LogP contribution in [0.2, 0.25) is 0 Å². The van der Waals surface area contributed by atoms with E-state index in [1.165, 1.54) is 0 Å². The lowest BCUT2D eigenvalue weighted by molar-refractivity contribution is 0.0950. The summed E-state index contributed by atoms with van der Waals surface area (Å²) >= 11 is 2.15. The largest absolute Gasteiger partial charge is 0.361 e. The molecule has 2 rings (SSSR count). The Labute approximate surface area is 119 Å². The standard InChI is InChI=1S/C13H13IN2O2/c1-8-11(9(2)18-16-8)7-15-13(17)10-5-3-4-6-12(10)14/h3-6H,7H2,1-2H3,(H,15,17). The summed E-state index contributed by atoms with van der Waals surface area (Å²) in [6.07, 6.45) is 0. The van der Waals surface area contributed by atoms with Crippen molar-refractivity contribution in [1.29, 1.82) is 0 Å². The topological polar surface area (TPSA) is 55.1 Å². The summed E-state index contributed by atoms with van der Waals surface area (Å²) < 4.78 is 5.99. The lowest BCUT2D eigenvalue weighted by atomic mass is 10.2. The maximum Gasteiger partial charge on any atom is 0.252 e. The van der Waals surface area contributed by atoms with Crippen LogP contribution in [0.25, 0.3) is 0 Å². The maximum atomic E-state index is 12.0. The number of aryl methyl sites for hydroxylation is 2. The van der Waals surface area contributed by atoms with Gasteiger partial charge in [-0.05, 0) is 48.6 Å². The van der Waals surface area contributed by atoms with Crippen molar-refractivity contribution in [3.8, 4) is 0 Å². The van der Waals surface area contributed by atoms with E-state index in [4.69, 9.17) is 4.52 Å². The van der Waals surface area contributed by atoms with E-state index in [0.717, 1.165) is 20.6 Å². The summed E-state index contributed by atoms with van der Waals surface area (Å²) in [5, 5.41) is 6.74. The van der Waals surface area contributed by atoms with Gasteiger partial charge in [0, 0.05) is 15.7 Å². The average Bonchev–Trinajstić information content (AvgIpc) is 2.67. The van der Waals surface area contributed by atoms with E-state index < -0.39 is 0 Å². The van der Waals surface area contributed by atoms with Gasteiger partial charge in [-0.1, -0.05) is 17.3 Å². The van der Waals surface area contributed by atoms with Crippen molar-refractivity contribution in [2.24, 2.45) is 0 Å². The van der Waals surface area contributed by atoms with Crippen LogP contribution in [0.5, 0.6) is 0 Å². The number of nitrogens with one attached hydrogen (secondary N) is 1. The summed E-state index contributed by atoms with van der Waals surface area (Å²) in [4.78, 5) is 12.0. The molecule has 1 N–H and O–H groups in total. The van der Waals surface area contributed by atoms with Crippen LogP contribution in [-0.4, -0.2) is 11.1 Å². The quantitative estimate of drug-likeness (QED) is 0.861. The van der Waals surface area contributed by atoms with Crippen LogP contribution in [0.4, 0.5) is 0 Å². The lowest BCUT2D eigenvalue weighted by Gasteiger charge is -2.06. The van der Waals surface area contributed by atoms with Crippen molar-refractivity contribution in [3.05, 3.63) is 50.4 Å². The molecule has 0 fully saturated rings. The lowest BCUT2D eigenvalue weighted by Crippen LogP contribution is -2.24. The van der Waals surface area contributed by atoms with Gasteiger partial charge in [-0.2, -0.15) is 0 Å². The second-order valence-corrected chi connectivity index (χ2v) is 5.13. The van der Waals surface area contributed by atoms with Gasteiger partial charge < -0.3 is 9.84 Å². The molecule has 18 heavy (non-hydrogen) atoms. The third-order valence-electron chi connectivity index (χ3n) is 2.73. The van der Waals surface area contributed by atoms with Gasteiger partial charge >= 0.3 is 0 Å². The fourth-order valence-corrected chi connectivity index (χ4v) is 2.30. The summed E-state index contributed by atoms with van der Waals surface area (Å²) in [6, 6.07) is 7.48. The van der Waals surface area contributed by atoms with E-state index in [9.17, 15) is 4.79 Å². The highest BCUT2D eigenvalue weighted by Gasteiger charge is 2.12. The molecule has 4 nitrogen and oxygen atoms in total. The zero-order chi connectivity index (χ0) is 13.1. The minimum atomic E-state index is -0.0833. The molecule has 0 aliphatic carbocycles. The van der Waals surface area contributed by atoms with E-state index >= 15 is 0 Å². The molecule has 0 saturated carbocycles. The van der Waals surface area contributed by atoms with E-state index in [2.05, 4.69) is 33.1 Å². The SMILES string of the molecule is Cc1noc(C)c1CNC(=O)c1ccccc1I. The molecule has 0 aliphatic heterocycles. The normalized spacial score (nSPS) is 10.4. The van der Waals surface area contributed by atoms with E-state index in [1.807, 2.05) is 38.1 Å². The number of aromatic nitrogens is 1. The summed E-state index contributed by atoms with van der Waals surface area (Å²) in [6.45, 7) is 4.14. The predicted octanol–water partition coefficient (Wildman–Crippen LogP) is 2.83.